The van der Waals surface area contributed by atoms with E-state index >= 15 is 0 Å². The van der Waals surface area contributed by atoms with E-state index in [0.29, 0.717) is 11.4 Å². The van der Waals surface area contributed by atoms with Crippen LogP contribution >= 0.6 is 12.4 Å². The Labute approximate surface area is 202 Å². The molecular weight excluding hydrogens is 434 g/mol. The molecule has 174 valence electrons. The number of hydrogen-bond acceptors (Lipinski definition) is 4. The van der Waals surface area contributed by atoms with Crippen molar-refractivity contribution in [1.82, 2.24) is 9.88 Å². The van der Waals surface area contributed by atoms with Crippen LogP contribution in [0, 0.1) is 0 Å². The average molecular weight is 466 g/mol. The van der Waals surface area contributed by atoms with Gasteiger partial charge in [-0.25, -0.2) is 9.78 Å². The highest BCUT2D eigenvalue weighted by Gasteiger charge is 2.25. The molecule has 3 aromatic rings. The number of piperazine rings is 1. The molecule has 2 aromatic carbocycles. The molecule has 1 fully saturated rings. The Morgan fingerprint density at radius 3 is 2.27 bits per heavy atom. The van der Waals surface area contributed by atoms with Crippen LogP contribution in [0.1, 0.15) is 52.4 Å². The monoisotopic (exact) mass is 465 g/mol. The Morgan fingerprint density at radius 2 is 1.61 bits per heavy atom. The molecule has 0 unspecified atom stereocenters. The minimum Gasteiger partial charge on any atom is -0.478 e. The topological polar surface area (TPSA) is 56.7 Å². The predicted octanol–water partition coefficient (Wildman–Crippen LogP) is 5.24. The summed E-state index contributed by atoms with van der Waals surface area (Å²) >= 11 is 0. The normalized spacial score (nSPS) is 14.2. The Balaban J connectivity index is 0.00000306. The lowest BCUT2D eigenvalue weighted by Gasteiger charge is -2.36. The molecule has 0 bridgehead atoms. The lowest BCUT2D eigenvalue weighted by Crippen LogP contribution is -2.46. The lowest BCUT2D eigenvalue weighted by atomic mass is 9.98. The SMILES string of the molecule is CC(C)c1ccnc(N2CCN(Cc3cccc(Cc4ccccc4)c3)CC2)c1C(=O)O.Cl. The first kappa shape index (κ1) is 24.7. The van der Waals surface area contributed by atoms with E-state index in [1.807, 2.05) is 26.0 Å². The molecule has 0 saturated carbocycles. The quantitative estimate of drug-likeness (QED) is 0.517. The van der Waals surface area contributed by atoms with E-state index in [9.17, 15) is 9.90 Å². The van der Waals surface area contributed by atoms with E-state index in [0.717, 1.165) is 44.7 Å². The molecule has 0 amide bonds. The summed E-state index contributed by atoms with van der Waals surface area (Å²) in [5.74, 6) is -0.144. The molecule has 1 aliphatic rings. The fraction of sp³-hybridized carbons (Fsp3) is 0.333. The van der Waals surface area contributed by atoms with Gasteiger partial charge in [0.2, 0.25) is 0 Å². The molecule has 0 radical (unpaired) electrons. The number of hydrogen-bond donors (Lipinski definition) is 1. The summed E-state index contributed by atoms with van der Waals surface area (Å²) in [6.07, 6.45) is 2.68. The number of aromatic carboxylic acids is 1. The van der Waals surface area contributed by atoms with Crippen LogP contribution in [0.5, 0.6) is 0 Å². The van der Waals surface area contributed by atoms with Crippen molar-refractivity contribution in [3.63, 3.8) is 0 Å². The van der Waals surface area contributed by atoms with Crippen molar-refractivity contribution in [2.75, 3.05) is 31.1 Å². The number of carbonyl (C=O) groups is 1. The summed E-state index contributed by atoms with van der Waals surface area (Å²) < 4.78 is 0. The lowest BCUT2D eigenvalue weighted by molar-refractivity contribution is 0.0695. The summed E-state index contributed by atoms with van der Waals surface area (Å²) in [5.41, 5.74) is 5.17. The van der Waals surface area contributed by atoms with Gasteiger partial charge in [0.25, 0.3) is 0 Å². The van der Waals surface area contributed by atoms with Gasteiger partial charge < -0.3 is 10.0 Å². The molecule has 6 heteroatoms. The van der Waals surface area contributed by atoms with Crippen molar-refractivity contribution < 1.29 is 9.90 Å². The maximum absolute atomic E-state index is 12.0. The number of aromatic nitrogens is 1. The van der Waals surface area contributed by atoms with Gasteiger partial charge in [-0.1, -0.05) is 68.4 Å². The summed E-state index contributed by atoms with van der Waals surface area (Å²) in [6, 6.07) is 21.2. The second kappa shape index (κ2) is 11.3. The van der Waals surface area contributed by atoms with E-state index < -0.39 is 5.97 Å². The van der Waals surface area contributed by atoms with Gasteiger partial charge in [-0.3, -0.25) is 4.90 Å². The van der Waals surface area contributed by atoms with E-state index in [4.69, 9.17) is 0 Å². The van der Waals surface area contributed by atoms with Gasteiger partial charge >= 0.3 is 5.97 Å². The molecule has 1 aliphatic heterocycles. The number of pyridine rings is 1. The first-order chi connectivity index (χ1) is 15.5. The molecule has 33 heavy (non-hydrogen) atoms. The molecule has 0 aliphatic carbocycles. The molecule has 4 rings (SSSR count). The van der Waals surface area contributed by atoms with Crippen molar-refractivity contribution in [3.05, 3.63) is 94.7 Å². The van der Waals surface area contributed by atoms with Gasteiger partial charge in [0.1, 0.15) is 11.4 Å². The third-order valence-corrected chi connectivity index (χ3v) is 6.12. The first-order valence-electron chi connectivity index (χ1n) is 11.3. The van der Waals surface area contributed by atoms with E-state index in [2.05, 4.69) is 63.3 Å². The maximum Gasteiger partial charge on any atom is 0.339 e. The maximum atomic E-state index is 12.0. The zero-order valence-corrected chi connectivity index (χ0v) is 20.1. The van der Waals surface area contributed by atoms with Crippen LogP contribution < -0.4 is 4.90 Å². The molecule has 1 saturated heterocycles. The van der Waals surface area contributed by atoms with Gasteiger partial charge in [0, 0.05) is 38.9 Å². The van der Waals surface area contributed by atoms with Crippen molar-refractivity contribution in [3.8, 4) is 0 Å². The van der Waals surface area contributed by atoms with Gasteiger partial charge in [-0.2, -0.15) is 0 Å². The molecule has 2 heterocycles. The number of nitrogens with zero attached hydrogens (tertiary/aromatic N) is 3. The summed E-state index contributed by atoms with van der Waals surface area (Å²) in [5, 5.41) is 9.83. The molecule has 5 nitrogen and oxygen atoms in total. The number of benzene rings is 2. The molecule has 0 spiro atoms. The minimum absolute atomic E-state index is 0. The summed E-state index contributed by atoms with van der Waals surface area (Å²) in [4.78, 5) is 21.0. The van der Waals surface area contributed by atoms with Crippen LogP contribution in [0.3, 0.4) is 0 Å². The third kappa shape index (κ3) is 6.12. The largest absolute Gasteiger partial charge is 0.478 e. The smallest absolute Gasteiger partial charge is 0.339 e. The van der Waals surface area contributed by atoms with Crippen molar-refractivity contribution in [2.45, 2.75) is 32.7 Å². The summed E-state index contributed by atoms with van der Waals surface area (Å²) in [6.45, 7) is 8.27. The van der Waals surface area contributed by atoms with Crippen LogP contribution in [0.2, 0.25) is 0 Å². The van der Waals surface area contributed by atoms with Crippen molar-refractivity contribution in [2.24, 2.45) is 0 Å². The Kier molecular flexibility index (Phi) is 8.48. The van der Waals surface area contributed by atoms with Crippen LogP contribution in [0.15, 0.2) is 66.9 Å². The molecule has 0 atom stereocenters. The number of carboxylic acid groups (broad SMARTS) is 1. The zero-order chi connectivity index (χ0) is 22.5. The minimum atomic E-state index is -0.894. The standard InChI is InChI=1S/C27H31N3O2.ClH/c1-20(2)24-11-12-28-26(25(24)27(31)32)30-15-13-29(14-16-30)19-23-10-6-9-22(18-23)17-21-7-4-3-5-8-21;/h3-12,18,20H,13-17,19H2,1-2H3,(H,31,32);1H. The number of rotatable bonds is 7. The van der Waals surface area contributed by atoms with Crippen LogP contribution in [0.25, 0.3) is 0 Å². The third-order valence-electron chi connectivity index (χ3n) is 6.12. The van der Waals surface area contributed by atoms with Gasteiger partial charge in [0.15, 0.2) is 0 Å². The highest BCUT2D eigenvalue weighted by atomic mass is 35.5. The van der Waals surface area contributed by atoms with E-state index in [1.54, 1.807) is 6.20 Å². The molecular formula is C27H32ClN3O2. The molecule has 1 aromatic heterocycles. The Hall–Kier alpha value is -2.89. The van der Waals surface area contributed by atoms with E-state index in [1.165, 1.54) is 16.7 Å². The number of halogens is 1. The second-order valence-corrected chi connectivity index (χ2v) is 8.80. The highest BCUT2D eigenvalue weighted by Crippen LogP contribution is 2.28. The fourth-order valence-corrected chi connectivity index (χ4v) is 4.45. The van der Waals surface area contributed by atoms with Gasteiger partial charge in [0.05, 0.1) is 0 Å². The molecule has 1 N–H and O–H groups in total. The zero-order valence-electron chi connectivity index (χ0n) is 19.3. The van der Waals surface area contributed by atoms with Crippen LogP contribution in [0.4, 0.5) is 5.82 Å². The highest BCUT2D eigenvalue weighted by molar-refractivity contribution is 5.95. The number of carboxylic acids is 1. The van der Waals surface area contributed by atoms with E-state index in [-0.39, 0.29) is 18.3 Å². The number of anilines is 1. The Bertz CT molecular complexity index is 1060. The van der Waals surface area contributed by atoms with Gasteiger partial charge in [-0.15, -0.1) is 12.4 Å². The first-order valence-corrected chi connectivity index (χ1v) is 11.3. The summed E-state index contributed by atoms with van der Waals surface area (Å²) in [7, 11) is 0. The van der Waals surface area contributed by atoms with Gasteiger partial charge in [-0.05, 0) is 40.7 Å². The van der Waals surface area contributed by atoms with Crippen molar-refractivity contribution >= 4 is 24.2 Å². The Morgan fingerprint density at radius 1 is 0.939 bits per heavy atom. The average Bonchev–Trinajstić information content (AvgIpc) is 2.80. The van der Waals surface area contributed by atoms with Crippen LogP contribution in [-0.2, 0) is 13.0 Å². The van der Waals surface area contributed by atoms with Crippen molar-refractivity contribution in [1.29, 1.82) is 0 Å². The second-order valence-electron chi connectivity index (χ2n) is 8.80. The fourth-order valence-electron chi connectivity index (χ4n) is 4.45. The predicted molar refractivity (Wildman–Crippen MR) is 136 cm³/mol. The van der Waals surface area contributed by atoms with Crippen LogP contribution in [-0.4, -0.2) is 47.1 Å².